The molecule has 0 atom stereocenters. The molecule has 2 rings (SSSR count). The van der Waals surface area contributed by atoms with E-state index in [1.54, 1.807) is 13.0 Å². The fourth-order valence-electron chi connectivity index (χ4n) is 1.13. The van der Waals surface area contributed by atoms with Crippen LogP contribution in [0.25, 0.3) is 0 Å². The number of rotatable bonds is 3. The highest BCUT2D eigenvalue weighted by Gasteiger charge is 2.07. The number of hydrogen-bond acceptors (Lipinski definition) is 4. The molecule has 1 aromatic heterocycles. The predicted octanol–water partition coefficient (Wildman–Crippen LogP) is 2.86. The Morgan fingerprint density at radius 3 is 3.00 bits per heavy atom. The number of ether oxygens (including phenoxy) is 1. The molecule has 0 unspecified atom stereocenters. The summed E-state index contributed by atoms with van der Waals surface area (Å²) in [6.07, 6.45) is 0. The first kappa shape index (κ1) is 11.1. The lowest BCUT2D eigenvalue weighted by Gasteiger charge is -2.05. The smallest absolute Gasteiger partial charge is 0.264 e. The van der Waals surface area contributed by atoms with Gasteiger partial charge in [0.15, 0.2) is 12.4 Å². The largest absolute Gasteiger partial charge is 0.482 e. The maximum Gasteiger partial charge on any atom is 0.264 e. The van der Waals surface area contributed by atoms with Crippen LogP contribution in [0.3, 0.4) is 0 Å². The van der Waals surface area contributed by atoms with Gasteiger partial charge in [-0.1, -0.05) is 5.16 Å². The van der Waals surface area contributed by atoms with Gasteiger partial charge in [-0.25, -0.2) is 4.39 Å². The lowest BCUT2D eigenvalue weighted by atomic mass is 10.3. The van der Waals surface area contributed by atoms with Crippen molar-refractivity contribution in [1.82, 2.24) is 10.1 Å². The minimum atomic E-state index is -0.361. The summed E-state index contributed by atoms with van der Waals surface area (Å²) >= 11 is 3.25. The van der Waals surface area contributed by atoms with E-state index >= 15 is 0 Å². The third-order valence-corrected chi connectivity index (χ3v) is 2.47. The highest BCUT2D eigenvalue weighted by atomic mass is 79.9. The first-order valence-electron chi connectivity index (χ1n) is 4.52. The zero-order chi connectivity index (χ0) is 11.5. The van der Waals surface area contributed by atoms with E-state index in [0.29, 0.717) is 21.9 Å². The lowest BCUT2D eigenvalue weighted by Crippen LogP contribution is -1.96. The molecule has 16 heavy (non-hydrogen) atoms. The average Bonchev–Trinajstić information content (AvgIpc) is 2.66. The van der Waals surface area contributed by atoms with Gasteiger partial charge < -0.3 is 9.26 Å². The molecule has 0 fully saturated rings. The maximum atomic E-state index is 12.9. The van der Waals surface area contributed by atoms with Crippen molar-refractivity contribution >= 4 is 15.9 Å². The third kappa shape index (κ3) is 2.57. The van der Waals surface area contributed by atoms with Gasteiger partial charge in [0.2, 0.25) is 0 Å². The lowest BCUT2D eigenvalue weighted by molar-refractivity contribution is 0.240. The molecule has 0 aliphatic carbocycles. The van der Waals surface area contributed by atoms with Gasteiger partial charge in [-0.15, -0.1) is 0 Å². The summed E-state index contributed by atoms with van der Waals surface area (Å²) in [5.41, 5.74) is 0. The molecule has 0 radical (unpaired) electrons. The van der Waals surface area contributed by atoms with Crippen molar-refractivity contribution in [2.45, 2.75) is 13.5 Å². The fraction of sp³-hybridized carbons (Fsp3) is 0.200. The number of hydrogen-bond donors (Lipinski definition) is 0. The highest BCUT2D eigenvalue weighted by molar-refractivity contribution is 9.10. The molecule has 4 nitrogen and oxygen atoms in total. The topological polar surface area (TPSA) is 48.2 Å². The van der Waals surface area contributed by atoms with Gasteiger partial charge in [0, 0.05) is 6.07 Å². The van der Waals surface area contributed by atoms with E-state index < -0.39 is 0 Å². The molecule has 6 heteroatoms. The number of halogens is 2. The minimum absolute atomic E-state index is 0.114. The molecule has 0 aliphatic rings. The number of nitrogens with zero attached hydrogens (tertiary/aromatic N) is 2. The molecule has 2 aromatic rings. The Bertz CT molecular complexity index is 501. The van der Waals surface area contributed by atoms with Crippen LogP contribution >= 0.6 is 15.9 Å². The molecule has 1 aromatic carbocycles. The second kappa shape index (κ2) is 4.61. The predicted molar refractivity (Wildman–Crippen MR) is 57.5 cm³/mol. The summed E-state index contributed by atoms with van der Waals surface area (Å²) < 4.78 is 23.8. The fourth-order valence-corrected chi connectivity index (χ4v) is 1.49. The van der Waals surface area contributed by atoms with Crippen molar-refractivity contribution in [3.63, 3.8) is 0 Å². The monoisotopic (exact) mass is 286 g/mol. The van der Waals surface area contributed by atoms with Gasteiger partial charge in [0.25, 0.3) is 5.89 Å². The number of aryl methyl sites for hydroxylation is 1. The van der Waals surface area contributed by atoms with Gasteiger partial charge in [-0.2, -0.15) is 4.98 Å². The quantitative estimate of drug-likeness (QED) is 0.871. The maximum absolute atomic E-state index is 12.9. The SMILES string of the molecule is Cc1noc(COc2cc(F)ccc2Br)n1. The second-order valence-corrected chi connectivity index (χ2v) is 3.95. The van der Waals surface area contributed by atoms with E-state index in [-0.39, 0.29) is 12.4 Å². The molecule has 0 amide bonds. The van der Waals surface area contributed by atoms with E-state index in [1.165, 1.54) is 12.1 Å². The van der Waals surface area contributed by atoms with E-state index in [1.807, 2.05) is 0 Å². The molecule has 84 valence electrons. The van der Waals surface area contributed by atoms with Crippen molar-refractivity contribution in [3.8, 4) is 5.75 Å². The van der Waals surface area contributed by atoms with Crippen LogP contribution in [0.1, 0.15) is 11.7 Å². The normalized spacial score (nSPS) is 10.4. The van der Waals surface area contributed by atoms with Crippen LogP contribution in [0, 0.1) is 12.7 Å². The first-order valence-corrected chi connectivity index (χ1v) is 5.31. The van der Waals surface area contributed by atoms with E-state index in [9.17, 15) is 4.39 Å². The van der Waals surface area contributed by atoms with Crippen LogP contribution in [-0.2, 0) is 6.61 Å². The summed E-state index contributed by atoms with van der Waals surface area (Å²) in [6.45, 7) is 1.83. The summed E-state index contributed by atoms with van der Waals surface area (Å²) in [4.78, 5) is 3.97. The summed E-state index contributed by atoms with van der Waals surface area (Å²) in [5, 5.41) is 3.62. The Balaban J connectivity index is 2.07. The number of benzene rings is 1. The Kier molecular flexibility index (Phi) is 3.19. The second-order valence-electron chi connectivity index (χ2n) is 3.10. The first-order chi connectivity index (χ1) is 7.65. The zero-order valence-corrected chi connectivity index (χ0v) is 9.99. The van der Waals surface area contributed by atoms with Crippen molar-refractivity contribution < 1.29 is 13.7 Å². The Labute approximate surface area is 99.5 Å². The molecule has 0 aliphatic heterocycles. The van der Waals surface area contributed by atoms with Gasteiger partial charge in [0.1, 0.15) is 11.6 Å². The Morgan fingerprint density at radius 1 is 1.50 bits per heavy atom. The van der Waals surface area contributed by atoms with Crippen molar-refractivity contribution in [2.75, 3.05) is 0 Å². The van der Waals surface area contributed by atoms with Crippen LogP contribution in [0.5, 0.6) is 5.75 Å². The molecular formula is C10H8BrFN2O2. The minimum Gasteiger partial charge on any atom is -0.482 e. The highest BCUT2D eigenvalue weighted by Crippen LogP contribution is 2.26. The molecule has 0 saturated carbocycles. The van der Waals surface area contributed by atoms with Crippen LogP contribution < -0.4 is 4.74 Å². The van der Waals surface area contributed by atoms with E-state index in [4.69, 9.17) is 9.26 Å². The Hall–Kier alpha value is -1.43. The average molecular weight is 287 g/mol. The van der Waals surface area contributed by atoms with Crippen LogP contribution in [-0.4, -0.2) is 10.1 Å². The van der Waals surface area contributed by atoms with Gasteiger partial charge >= 0.3 is 0 Å². The van der Waals surface area contributed by atoms with Gasteiger partial charge in [-0.05, 0) is 35.0 Å². The van der Waals surface area contributed by atoms with Crippen LogP contribution in [0.4, 0.5) is 4.39 Å². The van der Waals surface area contributed by atoms with Crippen molar-refractivity contribution in [1.29, 1.82) is 0 Å². The Morgan fingerprint density at radius 2 is 2.31 bits per heavy atom. The third-order valence-electron chi connectivity index (χ3n) is 1.81. The molecular weight excluding hydrogens is 279 g/mol. The molecule has 0 saturated heterocycles. The summed E-state index contributed by atoms with van der Waals surface area (Å²) in [5.74, 6) is 0.932. The van der Waals surface area contributed by atoms with Crippen molar-refractivity contribution in [3.05, 3.63) is 40.2 Å². The molecule has 0 bridgehead atoms. The van der Waals surface area contributed by atoms with Crippen LogP contribution in [0.2, 0.25) is 0 Å². The summed E-state index contributed by atoms with van der Waals surface area (Å²) in [6, 6.07) is 4.20. The summed E-state index contributed by atoms with van der Waals surface area (Å²) in [7, 11) is 0. The van der Waals surface area contributed by atoms with Gasteiger partial charge in [0.05, 0.1) is 4.47 Å². The molecule has 1 heterocycles. The standard InChI is InChI=1S/C10H8BrFN2O2/c1-6-13-10(16-14-6)5-15-9-4-7(12)2-3-8(9)11/h2-4H,5H2,1H3. The van der Waals surface area contributed by atoms with E-state index in [0.717, 1.165) is 0 Å². The van der Waals surface area contributed by atoms with Crippen molar-refractivity contribution in [2.24, 2.45) is 0 Å². The number of aromatic nitrogens is 2. The molecule has 0 spiro atoms. The van der Waals surface area contributed by atoms with Crippen LogP contribution in [0.15, 0.2) is 27.2 Å². The molecule has 0 N–H and O–H groups in total. The van der Waals surface area contributed by atoms with Gasteiger partial charge in [-0.3, -0.25) is 0 Å². The zero-order valence-electron chi connectivity index (χ0n) is 8.41. The van der Waals surface area contributed by atoms with E-state index in [2.05, 4.69) is 26.1 Å².